The molecule has 0 radical (unpaired) electrons. The predicted molar refractivity (Wildman–Crippen MR) is 88.5 cm³/mol. The summed E-state index contributed by atoms with van der Waals surface area (Å²) in [6.07, 6.45) is 0.566. The number of benzene rings is 1. The zero-order valence-corrected chi connectivity index (χ0v) is 14.2. The Morgan fingerprint density at radius 3 is 3.04 bits per heavy atom. The van der Waals surface area contributed by atoms with Crippen LogP contribution in [0.25, 0.3) is 10.9 Å². The van der Waals surface area contributed by atoms with Gasteiger partial charge in [-0.25, -0.2) is 14.8 Å². The van der Waals surface area contributed by atoms with Gasteiger partial charge in [0, 0.05) is 24.1 Å². The molecular formula is C14H12BrClN4O3. The normalized spacial score (nSPS) is 20.0. The first kappa shape index (κ1) is 14.8. The highest BCUT2D eigenvalue weighted by atomic mass is 79.9. The van der Waals surface area contributed by atoms with E-state index in [2.05, 4.69) is 30.8 Å². The fraction of sp³-hybridized carbons (Fsp3) is 0.357. The largest absolute Gasteiger partial charge is 0.490 e. The summed E-state index contributed by atoms with van der Waals surface area (Å²) in [6.45, 7) is 1.74. The van der Waals surface area contributed by atoms with Gasteiger partial charge >= 0.3 is 6.09 Å². The summed E-state index contributed by atoms with van der Waals surface area (Å²) in [4.78, 5) is 23.4. The van der Waals surface area contributed by atoms with Crippen molar-refractivity contribution in [2.75, 3.05) is 31.1 Å². The standard InChI is InChI=1S/C14H12BrClN4O3/c15-8-3-9-10-12(11(8)16)17-6-18-13(10)20-2-1-19(14(21)22)4-7(20)5-23-9/h3,6-7H,1-2,4-5H2,(H,21,22)/t7-/m0/s1. The summed E-state index contributed by atoms with van der Waals surface area (Å²) in [7, 11) is 0. The maximum absolute atomic E-state index is 11.2. The van der Waals surface area contributed by atoms with E-state index in [-0.39, 0.29) is 6.04 Å². The van der Waals surface area contributed by atoms with Gasteiger partial charge < -0.3 is 19.6 Å². The Labute approximate surface area is 144 Å². The quantitative estimate of drug-likeness (QED) is 0.734. The number of carbonyl (C=O) groups is 1. The number of hydrogen-bond donors (Lipinski definition) is 1. The fourth-order valence-corrected chi connectivity index (χ4v) is 3.69. The van der Waals surface area contributed by atoms with Crippen molar-refractivity contribution in [2.24, 2.45) is 0 Å². The monoisotopic (exact) mass is 398 g/mol. The molecule has 2 aromatic rings. The number of carboxylic acid groups (broad SMARTS) is 1. The van der Waals surface area contributed by atoms with Gasteiger partial charge in [-0.05, 0) is 22.0 Å². The van der Waals surface area contributed by atoms with Crippen molar-refractivity contribution in [1.82, 2.24) is 14.9 Å². The van der Waals surface area contributed by atoms with E-state index in [0.717, 1.165) is 11.2 Å². The topological polar surface area (TPSA) is 78.8 Å². The highest BCUT2D eigenvalue weighted by molar-refractivity contribution is 9.10. The van der Waals surface area contributed by atoms with E-state index in [1.807, 2.05) is 6.07 Å². The summed E-state index contributed by atoms with van der Waals surface area (Å²) in [5.41, 5.74) is 0.627. The van der Waals surface area contributed by atoms with Gasteiger partial charge in [-0.2, -0.15) is 0 Å². The average molecular weight is 400 g/mol. The van der Waals surface area contributed by atoms with Gasteiger partial charge in [0.15, 0.2) is 0 Å². The molecule has 23 heavy (non-hydrogen) atoms. The van der Waals surface area contributed by atoms with Crippen LogP contribution < -0.4 is 9.64 Å². The second-order valence-corrected chi connectivity index (χ2v) is 6.71. The van der Waals surface area contributed by atoms with Crippen LogP contribution in [0.15, 0.2) is 16.9 Å². The van der Waals surface area contributed by atoms with E-state index in [1.54, 1.807) is 0 Å². The minimum Gasteiger partial charge on any atom is -0.490 e. The van der Waals surface area contributed by atoms with E-state index in [1.165, 1.54) is 11.2 Å². The first-order chi connectivity index (χ1) is 11.1. The lowest BCUT2D eigenvalue weighted by Crippen LogP contribution is -2.56. The number of aromatic nitrogens is 2. The Morgan fingerprint density at radius 2 is 2.26 bits per heavy atom. The maximum atomic E-state index is 11.2. The molecular weight excluding hydrogens is 388 g/mol. The molecule has 0 saturated carbocycles. The van der Waals surface area contributed by atoms with Crippen LogP contribution in [0, 0.1) is 0 Å². The lowest BCUT2D eigenvalue weighted by atomic mass is 10.1. The fourth-order valence-electron chi connectivity index (χ4n) is 3.10. The molecule has 7 nitrogen and oxygen atoms in total. The van der Waals surface area contributed by atoms with Gasteiger partial charge in [0.1, 0.15) is 24.5 Å². The van der Waals surface area contributed by atoms with Crippen LogP contribution in [0.3, 0.4) is 0 Å². The first-order valence-corrected chi connectivity index (χ1v) is 8.23. The van der Waals surface area contributed by atoms with Gasteiger partial charge in [-0.3, -0.25) is 0 Å². The smallest absolute Gasteiger partial charge is 0.407 e. The number of anilines is 1. The summed E-state index contributed by atoms with van der Waals surface area (Å²) in [5, 5.41) is 10.5. The minimum absolute atomic E-state index is 0.0945. The summed E-state index contributed by atoms with van der Waals surface area (Å²) < 4.78 is 6.63. The maximum Gasteiger partial charge on any atom is 0.407 e. The number of halogens is 2. The van der Waals surface area contributed by atoms with Gasteiger partial charge in [0.2, 0.25) is 0 Å². The number of ether oxygens (including phenoxy) is 1. The van der Waals surface area contributed by atoms with Crippen molar-refractivity contribution in [3.8, 4) is 5.75 Å². The molecule has 0 spiro atoms. The van der Waals surface area contributed by atoms with Gasteiger partial charge in [-0.15, -0.1) is 0 Å². The molecule has 1 saturated heterocycles. The van der Waals surface area contributed by atoms with Crippen molar-refractivity contribution in [3.05, 3.63) is 21.9 Å². The molecule has 3 heterocycles. The first-order valence-electron chi connectivity index (χ1n) is 7.06. The molecule has 1 atom stereocenters. The minimum atomic E-state index is -0.912. The molecule has 1 aromatic carbocycles. The lowest BCUT2D eigenvalue weighted by molar-refractivity contribution is 0.127. The number of piperazine rings is 1. The third-order valence-electron chi connectivity index (χ3n) is 4.21. The van der Waals surface area contributed by atoms with E-state index in [4.69, 9.17) is 16.3 Å². The lowest BCUT2D eigenvalue weighted by Gasteiger charge is -2.39. The highest BCUT2D eigenvalue weighted by Gasteiger charge is 2.35. The molecule has 2 aliphatic heterocycles. The van der Waals surface area contributed by atoms with Crippen LogP contribution in [-0.4, -0.2) is 58.4 Å². The van der Waals surface area contributed by atoms with Crippen molar-refractivity contribution in [2.45, 2.75) is 6.04 Å². The SMILES string of the molecule is O=C(O)N1CCN2c3ncnc4c(Cl)c(Br)cc(c34)OC[C@@H]2C1. The van der Waals surface area contributed by atoms with Crippen LogP contribution >= 0.6 is 27.5 Å². The Kier molecular flexibility index (Phi) is 3.46. The van der Waals surface area contributed by atoms with Crippen LogP contribution in [0.5, 0.6) is 5.75 Å². The molecule has 9 heteroatoms. The van der Waals surface area contributed by atoms with E-state index in [0.29, 0.717) is 47.0 Å². The number of fused-ring (bicyclic) bond motifs is 2. The molecule has 0 bridgehead atoms. The second kappa shape index (κ2) is 5.38. The highest BCUT2D eigenvalue weighted by Crippen LogP contribution is 2.42. The van der Waals surface area contributed by atoms with Crippen LogP contribution in [-0.2, 0) is 0 Å². The molecule has 0 unspecified atom stereocenters. The summed E-state index contributed by atoms with van der Waals surface area (Å²) >= 11 is 9.76. The Bertz CT molecular complexity index is 818. The van der Waals surface area contributed by atoms with Crippen molar-refractivity contribution >= 4 is 50.3 Å². The average Bonchev–Trinajstić information content (AvgIpc) is 2.70. The zero-order valence-electron chi connectivity index (χ0n) is 11.9. The van der Waals surface area contributed by atoms with Crippen molar-refractivity contribution < 1.29 is 14.6 Å². The Hall–Kier alpha value is -1.80. The molecule has 120 valence electrons. The van der Waals surface area contributed by atoms with Gasteiger partial charge in [0.05, 0.1) is 22.0 Å². The molecule has 2 aliphatic rings. The number of nitrogens with zero attached hydrogens (tertiary/aromatic N) is 4. The molecule has 1 aromatic heterocycles. The summed E-state index contributed by atoms with van der Waals surface area (Å²) in [6, 6.07) is 1.72. The molecule has 1 N–H and O–H groups in total. The van der Waals surface area contributed by atoms with Crippen molar-refractivity contribution in [1.29, 1.82) is 0 Å². The number of amides is 1. The Balaban J connectivity index is 1.86. The predicted octanol–water partition coefficient (Wildman–Crippen LogP) is 2.61. The third-order valence-corrected chi connectivity index (χ3v) is 5.44. The second-order valence-electron chi connectivity index (χ2n) is 5.48. The van der Waals surface area contributed by atoms with E-state index in [9.17, 15) is 9.90 Å². The molecule has 0 aliphatic carbocycles. The molecule has 4 rings (SSSR count). The van der Waals surface area contributed by atoms with Crippen LogP contribution in [0.4, 0.5) is 10.6 Å². The van der Waals surface area contributed by atoms with Crippen molar-refractivity contribution in [3.63, 3.8) is 0 Å². The number of hydrogen-bond acceptors (Lipinski definition) is 5. The van der Waals surface area contributed by atoms with E-state index >= 15 is 0 Å². The van der Waals surface area contributed by atoms with Crippen LogP contribution in [0.2, 0.25) is 5.02 Å². The molecule has 1 fully saturated rings. The number of rotatable bonds is 0. The molecule has 1 amide bonds. The van der Waals surface area contributed by atoms with Gasteiger partial charge in [0.25, 0.3) is 0 Å². The third kappa shape index (κ3) is 2.28. The van der Waals surface area contributed by atoms with Crippen LogP contribution in [0.1, 0.15) is 0 Å². The van der Waals surface area contributed by atoms with E-state index < -0.39 is 6.09 Å². The summed E-state index contributed by atoms with van der Waals surface area (Å²) in [5.74, 6) is 1.40. The van der Waals surface area contributed by atoms with Gasteiger partial charge in [-0.1, -0.05) is 11.6 Å². The zero-order chi connectivity index (χ0) is 16.1. The Morgan fingerprint density at radius 1 is 1.43 bits per heavy atom.